The van der Waals surface area contributed by atoms with Crippen molar-refractivity contribution < 1.29 is 9.72 Å². The zero-order chi connectivity index (χ0) is 16.0. The third kappa shape index (κ3) is 4.45. The number of amides is 1. The number of nitrogens with zero attached hydrogens (tertiary/aromatic N) is 3. The fourth-order valence-electron chi connectivity index (χ4n) is 1.94. The van der Waals surface area contributed by atoms with E-state index in [4.69, 9.17) is 11.0 Å². The summed E-state index contributed by atoms with van der Waals surface area (Å²) < 4.78 is 0. The molecule has 1 aromatic rings. The van der Waals surface area contributed by atoms with E-state index in [1.54, 1.807) is 4.90 Å². The Kier molecular flexibility index (Phi) is 5.67. The van der Waals surface area contributed by atoms with Gasteiger partial charge in [-0.2, -0.15) is 5.26 Å². The molecule has 112 valence electrons. The SMILES string of the molecule is CC(C)CN(CCC#N)C(=O)c1ccc([N+](=O)[O-])c(N)c1. The zero-order valence-corrected chi connectivity index (χ0v) is 12.1. The van der Waals surface area contributed by atoms with Crippen molar-refractivity contribution in [1.29, 1.82) is 5.26 Å². The lowest BCUT2D eigenvalue weighted by molar-refractivity contribution is -0.383. The maximum atomic E-state index is 12.4. The van der Waals surface area contributed by atoms with Crippen LogP contribution >= 0.6 is 0 Å². The van der Waals surface area contributed by atoms with Gasteiger partial charge in [-0.25, -0.2) is 0 Å². The minimum atomic E-state index is -0.592. The molecule has 0 heterocycles. The van der Waals surface area contributed by atoms with E-state index in [1.165, 1.54) is 18.2 Å². The number of carbonyl (C=O) groups excluding carboxylic acids is 1. The molecule has 1 amide bonds. The molecule has 0 spiro atoms. The van der Waals surface area contributed by atoms with Gasteiger partial charge in [0.15, 0.2) is 0 Å². The smallest absolute Gasteiger partial charge is 0.292 e. The summed E-state index contributed by atoms with van der Waals surface area (Å²) >= 11 is 0. The highest BCUT2D eigenvalue weighted by Crippen LogP contribution is 2.23. The molecule has 1 aromatic carbocycles. The Morgan fingerprint density at radius 2 is 2.19 bits per heavy atom. The maximum absolute atomic E-state index is 12.4. The lowest BCUT2D eigenvalue weighted by Gasteiger charge is -2.23. The number of hydrogen-bond donors (Lipinski definition) is 1. The normalized spacial score (nSPS) is 10.2. The number of hydrogen-bond acceptors (Lipinski definition) is 5. The van der Waals surface area contributed by atoms with E-state index in [0.717, 1.165) is 0 Å². The van der Waals surface area contributed by atoms with E-state index in [2.05, 4.69) is 0 Å². The average molecular weight is 290 g/mol. The Labute approximate surface area is 123 Å². The molecule has 1 rings (SSSR count). The van der Waals surface area contributed by atoms with Gasteiger partial charge in [0.1, 0.15) is 5.69 Å². The van der Waals surface area contributed by atoms with Crippen molar-refractivity contribution in [2.75, 3.05) is 18.8 Å². The summed E-state index contributed by atoms with van der Waals surface area (Å²) in [6, 6.07) is 5.92. The Morgan fingerprint density at radius 3 is 2.67 bits per heavy atom. The monoisotopic (exact) mass is 290 g/mol. The van der Waals surface area contributed by atoms with Crippen LogP contribution in [0.2, 0.25) is 0 Å². The lowest BCUT2D eigenvalue weighted by Crippen LogP contribution is -2.35. The van der Waals surface area contributed by atoms with Crippen molar-refractivity contribution >= 4 is 17.3 Å². The van der Waals surface area contributed by atoms with Crippen LogP contribution in [0, 0.1) is 27.4 Å². The van der Waals surface area contributed by atoms with E-state index in [9.17, 15) is 14.9 Å². The van der Waals surface area contributed by atoms with Crippen LogP contribution < -0.4 is 5.73 Å². The van der Waals surface area contributed by atoms with Crippen molar-refractivity contribution in [2.24, 2.45) is 5.92 Å². The molecule has 0 aliphatic carbocycles. The molecule has 0 aliphatic heterocycles. The number of anilines is 1. The van der Waals surface area contributed by atoms with Crippen LogP contribution in [0.3, 0.4) is 0 Å². The summed E-state index contributed by atoms with van der Waals surface area (Å²) in [6.45, 7) is 4.77. The van der Waals surface area contributed by atoms with E-state index in [0.29, 0.717) is 13.1 Å². The summed E-state index contributed by atoms with van der Waals surface area (Å²) in [5, 5.41) is 19.4. The zero-order valence-electron chi connectivity index (χ0n) is 12.1. The number of carbonyl (C=O) groups is 1. The van der Waals surface area contributed by atoms with Crippen molar-refractivity contribution in [1.82, 2.24) is 4.90 Å². The van der Waals surface area contributed by atoms with Crippen LogP contribution in [0.15, 0.2) is 18.2 Å². The Balaban J connectivity index is 3.00. The summed E-state index contributed by atoms with van der Waals surface area (Å²) in [5.41, 5.74) is 5.62. The van der Waals surface area contributed by atoms with Gasteiger partial charge in [0, 0.05) is 24.7 Å². The molecular weight excluding hydrogens is 272 g/mol. The van der Waals surface area contributed by atoms with Crippen molar-refractivity contribution in [2.45, 2.75) is 20.3 Å². The van der Waals surface area contributed by atoms with Crippen LogP contribution in [0.4, 0.5) is 11.4 Å². The highest BCUT2D eigenvalue weighted by atomic mass is 16.6. The Bertz CT molecular complexity index is 578. The summed E-state index contributed by atoms with van der Waals surface area (Å²) in [5.74, 6) is -0.0245. The molecule has 0 saturated heterocycles. The minimum absolute atomic E-state index is 0.0457. The van der Waals surface area contributed by atoms with Gasteiger partial charge in [-0.05, 0) is 18.1 Å². The minimum Gasteiger partial charge on any atom is -0.393 e. The third-order valence-corrected chi connectivity index (χ3v) is 2.84. The fraction of sp³-hybridized carbons (Fsp3) is 0.429. The van der Waals surface area contributed by atoms with Gasteiger partial charge < -0.3 is 10.6 Å². The van der Waals surface area contributed by atoms with Crippen LogP contribution in [-0.2, 0) is 0 Å². The first-order valence-electron chi connectivity index (χ1n) is 6.57. The molecule has 0 atom stereocenters. The average Bonchev–Trinajstić information content (AvgIpc) is 2.41. The van der Waals surface area contributed by atoms with Crippen LogP contribution in [-0.4, -0.2) is 28.8 Å². The predicted molar refractivity (Wildman–Crippen MR) is 78.5 cm³/mol. The summed E-state index contributed by atoms with van der Waals surface area (Å²) in [4.78, 5) is 24.1. The summed E-state index contributed by atoms with van der Waals surface area (Å²) in [7, 11) is 0. The first-order valence-corrected chi connectivity index (χ1v) is 6.57. The number of nitro benzene ring substituents is 1. The van der Waals surface area contributed by atoms with E-state index >= 15 is 0 Å². The predicted octanol–water partition coefficient (Wildman–Crippen LogP) is 2.19. The number of rotatable bonds is 6. The molecule has 2 N–H and O–H groups in total. The molecule has 0 aliphatic rings. The standard InChI is InChI=1S/C14H18N4O3/c1-10(2)9-17(7-3-6-15)14(19)11-4-5-13(18(20)21)12(16)8-11/h4-5,8,10H,3,7,9,16H2,1-2H3. The van der Waals surface area contributed by atoms with Gasteiger partial charge in [0.2, 0.25) is 0 Å². The molecule has 0 aromatic heterocycles. The van der Waals surface area contributed by atoms with Gasteiger partial charge in [-0.1, -0.05) is 13.8 Å². The molecule has 0 fully saturated rings. The highest BCUT2D eigenvalue weighted by molar-refractivity contribution is 5.95. The third-order valence-electron chi connectivity index (χ3n) is 2.84. The Hall–Kier alpha value is -2.62. The molecule has 21 heavy (non-hydrogen) atoms. The van der Waals surface area contributed by atoms with E-state index in [-0.39, 0.29) is 35.2 Å². The Morgan fingerprint density at radius 1 is 1.52 bits per heavy atom. The second kappa shape index (κ2) is 7.24. The van der Waals surface area contributed by atoms with Gasteiger partial charge in [-0.3, -0.25) is 14.9 Å². The second-order valence-electron chi connectivity index (χ2n) is 5.08. The molecule has 7 nitrogen and oxygen atoms in total. The topological polar surface area (TPSA) is 113 Å². The second-order valence-corrected chi connectivity index (χ2v) is 5.08. The van der Waals surface area contributed by atoms with Crippen molar-refractivity contribution in [3.63, 3.8) is 0 Å². The van der Waals surface area contributed by atoms with Gasteiger partial charge in [-0.15, -0.1) is 0 Å². The molecule has 0 unspecified atom stereocenters. The van der Waals surface area contributed by atoms with Gasteiger partial charge >= 0.3 is 0 Å². The van der Waals surface area contributed by atoms with Crippen LogP contribution in [0.5, 0.6) is 0 Å². The van der Waals surface area contributed by atoms with Crippen molar-refractivity contribution in [3.05, 3.63) is 33.9 Å². The largest absolute Gasteiger partial charge is 0.393 e. The highest BCUT2D eigenvalue weighted by Gasteiger charge is 2.19. The number of nitro groups is 1. The first kappa shape index (κ1) is 16.4. The van der Waals surface area contributed by atoms with E-state index < -0.39 is 4.92 Å². The van der Waals surface area contributed by atoms with Gasteiger partial charge in [0.25, 0.3) is 11.6 Å². The number of nitrogens with two attached hydrogens (primary N) is 1. The molecule has 0 radical (unpaired) electrons. The van der Waals surface area contributed by atoms with Crippen LogP contribution in [0.1, 0.15) is 30.6 Å². The van der Waals surface area contributed by atoms with E-state index in [1.807, 2.05) is 19.9 Å². The van der Waals surface area contributed by atoms with Crippen LogP contribution in [0.25, 0.3) is 0 Å². The first-order chi connectivity index (χ1) is 9.86. The number of nitrogen functional groups attached to an aromatic ring is 1. The van der Waals surface area contributed by atoms with Gasteiger partial charge in [0.05, 0.1) is 17.4 Å². The molecule has 0 saturated carbocycles. The molecule has 7 heteroatoms. The number of benzene rings is 1. The molecule has 0 bridgehead atoms. The quantitative estimate of drug-likeness (QED) is 0.490. The fourth-order valence-corrected chi connectivity index (χ4v) is 1.94. The molecular formula is C14H18N4O3. The lowest BCUT2D eigenvalue weighted by atomic mass is 10.1. The number of nitriles is 1. The maximum Gasteiger partial charge on any atom is 0.292 e. The summed E-state index contributed by atoms with van der Waals surface area (Å²) in [6.07, 6.45) is 0.237. The van der Waals surface area contributed by atoms with Crippen molar-refractivity contribution in [3.8, 4) is 6.07 Å².